The average molecular weight is 362 g/mol. The lowest BCUT2D eigenvalue weighted by Gasteiger charge is -2.48. The Morgan fingerprint density at radius 2 is 2.19 bits per heavy atom. The zero-order valence-corrected chi connectivity index (χ0v) is 15.8. The Balaban J connectivity index is 1.35. The van der Waals surface area contributed by atoms with E-state index in [-0.39, 0.29) is 5.41 Å². The van der Waals surface area contributed by atoms with Crippen LogP contribution >= 0.6 is 0 Å². The summed E-state index contributed by atoms with van der Waals surface area (Å²) in [4.78, 5) is 21.4. The third-order valence-corrected chi connectivity index (χ3v) is 6.04. The minimum Gasteiger partial charge on any atom is -0.385 e. The predicted molar refractivity (Wildman–Crippen MR) is 95.5 cm³/mol. The van der Waals surface area contributed by atoms with Crippen molar-refractivity contribution in [1.29, 1.82) is 0 Å². The number of ether oxygens (including phenoxy) is 1. The number of amides is 1. The van der Waals surface area contributed by atoms with Crippen LogP contribution in [0.4, 0.5) is 0 Å². The minimum absolute atomic E-state index is 0.224. The van der Waals surface area contributed by atoms with Crippen molar-refractivity contribution >= 4 is 5.91 Å². The fraction of sp³-hybridized carbons (Fsp3) is 0.842. The summed E-state index contributed by atoms with van der Waals surface area (Å²) in [6.45, 7) is 5.26. The van der Waals surface area contributed by atoms with Crippen LogP contribution in [-0.2, 0) is 16.1 Å². The molecule has 1 aliphatic carbocycles. The van der Waals surface area contributed by atoms with Gasteiger partial charge in [0.1, 0.15) is 0 Å². The molecule has 1 atom stereocenters. The summed E-state index contributed by atoms with van der Waals surface area (Å²) in [7, 11) is 1.71. The Kier molecular flexibility index (Phi) is 5.27. The lowest BCUT2D eigenvalue weighted by Crippen LogP contribution is -2.54. The van der Waals surface area contributed by atoms with Crippen molar-refractivity contribution in [3.63, 3.8) is 0 Å². The number of methoxy groups -OCH3 is 1. The normalized spacial score (nSPS) is 27.4. The Hall–Kier alpha value is -1.47. The van der Waals surface area contributed by atoms with Crippen LogP contribution < -0.4 is 0 Å². The van der Waals surface area contributed by atoms with Gasteiger partial charge in [0.05, 0.1) is 6.54 Å². The minimum atomic E-state index is 0.224. The zero-order valence-electron chi connectivity index (χ0n) is 15.8. The van der Waals surface area contributed by atoms with Gasteiger partial charge in [0.15, 0.2) is 5.82 Å². The third kappa shape index (κ3) is 4.09. The first-order valence-corrected chi connectivity index (χ1v) is 9.99. The standard InChI is InChI=1S/C19H30N4O3/c1-25-11-3-10-23-14-19(8-6-17(23)24)7-2-9-22(13-19)12-16-20-18(26-21-16)15-4-5-15/h15H,2-14H2,1H3. The summed E-state index contributed by atoms with van der Waals surface area (Å²) in [5.74, 6) is 2.44. The Morgan fingerprint density at radius 3 is 3.00 bits per heavy atom. The predicted octanol–water partition coefficient (Wildman–Crippen LogP) is 2.19. The van der Waals surface area contributed by atoms with Gasteiger partial charge in [-0.1, -0.05) is 5.16 Å². The van der Waals surface area contributed by atoms with Gasteiger partial charge in [-0.3, -0.25) is 9.69 Å². The highest BCUT2D eigenvalue weighted by Gasteiger charge is 2.41. The fourth-order valence-corrected chi connectivity index (χ4v) is 4.51. The molecule has 0 N–H and O–H groups in total. The number of piperidine rings is 2. The lowest BCUT2D eigenvalue weighted by molar-refractivity contribution is -0.139. The first kappa shape index (κ1) is 17.9. The van der Waals surface area contributed by atoms with E-state index in [1.165, 1.54) is 25.7 Å². The quantitative estimate of drug-likeness (QED) is 0.693. The molecule has 7 nitrogen and oxygen atoms in total. The monoisotopic (exact) mass is 362 g/mol. The van der Waals surface area contributed by atoms with Gasteiger partial charge >= 0.3 is 0 Å². The molecule has 3 aliphatic rings. The van der Waals surface area contributed by atoms with E-state index in [0.717, 1.165) is 57.3 Å². The van der Waals surface area contributed by atoms with Gasteiger partial charge < -0.3 is 14.2 Å². The summed E-state index contributed by atoms with van der Waals surface area (Å²) in [5.41, 5.74) is 0.224. The van der Waals surface area contributed by atoms with Crippen LogP contribution in [0.15, 0.2) is 4.52 Å². The number of aromatic nitrogens is 2. The second-order valence-corrected chi connectivity index (χ2v) is 8.30. The van der Waals surface area contributed by atoms with Crippen molar-refractivity contribution in [2.45, 2.75) is 57.4 Å². The summed E-state index contributed by atoms with van der Waals surface area (Å²) in [6, 6.07) is 0. The summed E-state index contributed by atoms with van der Waals surface area (Å²) >= 11 is 0. The van der Waals surface area contributed by atoms with Crippen molar-refractivity contribution in [3.05, 3.63) is 11.7 Å². The number of hydrogen-bond donors (Lipinski definition) is 0. The van der Waals surface area contributed by atoms with Crippen molar-refractivity contribution in [3.8, 4) is 0 Å². The maximum Gasteiger partial charge on any atom is 0.229 e. The van der Waals surface area contributed by atoms with Crippen molar-refractivity contribution in [2.24, 2.45) is 5.41 Å². The first-order chi connectivity index (χ1) is 12.7. The van der Waals surface area contributed by atoms with Crippen molar-refractivity contribution < 1.29 is 14.1 Å². The third-order valence-electron chi connectivity index (χ3n) is 6.04. The molecule has 1 aromatic rings. The maximum absolute atomic E-state index is 12.3. The largest absolute Gasteiger partial charge is 0.385 e. The van der Waals surface area contributed by atoms with Crippen molar-refractivity contribution in [2.75, 3.05) is 39.9 Å². The molecule has 1 aromatic heterocycles. The molecule has 4 rings (SSSR count). The number of nitrogens with zero attached hydrogens (tertiary/aromatic N) is 4. The summed E-state index contributed by atoms with van der Waals surface area (Å²) < 4.78 is 10.5. The van der Waals surface area contributed by atoms with Gasteiger partial charge in [-0.25, -0.2) is 0 Å². The van der Waals surface area contributed by atoms with E-state index in [1.807, 2.05) is 0 Å². The smallest absolute Gasteiger partial charge is 0.229 e. The van der Waals surface area contributed by atoms with Gasteiger partial charge in [-0.05, 0) is 45.1 Å². The number of carbonyl (C=O) groups is 1. The molecule has 1 spiro atoms. The molecule has 144 valence electrons. The van der Waals surface area contributed by atoms with Crippen molar-refractivity contribution in [1.82, 2.24) is 19.9 Å². The van der Waals surface area contributed by atoms with Crippen LogP contribution in [-0.4, -0.2) is 65.7 Å². The molecule has 7 heteroatoms. The van der Waals surface area contributed by atoms with Gasteiger partial charge in [-0.2, -0.15) is 4.98 Å². The lowest BCUT2D eigenvalue weighted by atomic mass is 9.73. The van der Waals surface area contributed by atoms with Crippen LogP contribution in [0, 0.1) is 5.41 Å². The highest BCUT2D eigenvalue weighted by atomic mass is 16.5. The first-order valence-electron chi connectivity index (χ1n) is 9.99. The highest BCUT2D eigenvalue weighted by Crippen LogP contribution is 2.40. The molecular weight excluding hydrogens is 332 g/mol. The molecule has 3 heterocycles. The Morgan fingerprint density at radius 1 is 1.31 bits per heavy atom. The fourth-order valence-electron chi connectivity index (χ4n) is 4.51. The van der Waals surface area contributed by atoms with Crippen LogP contribution in [0.2, 0.25) is 0 Å². The highest BCUT2D eigenvalue weighted by molar-refractivity contribution is 5.77. The van der Waals surface area contributed by atoms with Gasteiger partial charge in [0.2, 0.25) is 11.8 Å². The molecular formula is C19H30N4O3. The molecule has 2 aliphatic heterocycles. The molecule has 2 saturated heterocycles. The van der Waals surface area contributed by atoms with E-state index in [1.54, 1.807) is 7.11 Å². The molecule has 1 amide bonds. The topological polar surface area (TPSA) is 71.7 Å². The molecule has 0 bridgehead atoms. The van der Waals surface area contributed by atoms with Gasteiger partial charge in [0, 0.05) is 51.1 Å². The number of carbonyl (C=O) groups excluding carboxylic acids is 1. The number of hydrogen-bond acceptors (Lipinski definition) is 6. The Labute approximate surface area is 155 Å². The molecule has 3 fully saturated rings. The van der Waals surface area contributed by atoms with Gasteiger partial charge in [-0.15, -0.1) is 0 Å². The van der Waals surface area contributed by atoms with Crippen LogP contribution in [0.5, 0.6) is 0 Å². The molecule has 0 aromatic carbocycles. The van der Waals surface area contributed by atoms with E-state index in [9.17, 15) is 4.79 Å². The van der Waals surface area contributed by atoms with Crippen LogP contribution in [0.3, 0.4) is 0 Å². The molecule has 1 saturated carbocycles. The SMILES string of the molecule is COCCCN1CC2(CCCN(Cc3noc(C4CC4)n3)C2)CCC1=O. The van der Waals surface area contributed by atoms with E-state index >= 15 is 0 Å². The summed E-state index contributed by atoms with van der Waals surface area (Å²) in [5, 5.41) is 4.18. The van der Waals surface area contributed by atoms with Crippen LogP contribution in [0.1, 0.15) is 62.6 Å². The molecule has 0 radical (unpaired) electrons. The molecule has 1 unspecified atom stereocenters. The van der Waals surface area contributed by atoms with E-state index < -0.39 is 0 Å². The maximum atomic E-state index is 12.3. The molecule has 26 heavy (non-hydrogen) atoms. The number of rotatable bonds is 7. The zero-order chi connectivity index (χ0) is 18.0. The Bertz CT molecular complexity index is 630. The van der Waals surface area contributed by atoms with Gasteiger partial charge in [0.25, 0.3) is 0 Å². The average Bonchev–Trinajstić information content (AvgIpc) is 3.39. The van der Waals surface area contributed by atoms with Crippen LogP contribution in [0.25, 0.3) is 0 Å². The van der Waals surface area contributed by atoms with E-state index in [0.29, 0.717) is 24.9 Å². The summed E-state index contributed by atoms with van der Waals surface area (Å²) in [6.07, 6.45) is 7.33. The van der Waals surface area contributed by atoms with E-state index in [2.05, 4.69) is 19.9 Å². The van der Waals surface area contributed by atoms with E-state index in [4.69, 9.17) is 9.26 Å². The second-order valence-electron chi connectivity index (χ2n) is 8.30. The number of likely N-dealkylation sites (tertiary alicyclic amines) is 2. The second kappa shape index (κ2) is 7.64.